The van der Waals surface area contributed by atoms with E-state index in [4.69, 9.17) is 0 Å². The highest BCUT2D eigenvalue weighted by Gasteiger charge is 2.23. The van der Waals surface area contributed by atoms with Crippen molar-refractivity contribution < 1.29 is 4.39 Å². The predicted octanol–water partition coefficient (Wildman–Crippen LogP) is 3.87. The third-order valence-corrected chi connectivity index (χ3v) is 4.25. The van der Waals surface area contributed by atoms with Gasteiger partial charge in [0.2, 0.25) is 0 Å². The molecule has 0 aliphatic heterocycles. The van der Waals surface area contributed by atoms with Gasteiger partial charge in [0, 0.05) is 17.1 Å². The van der Waals surface area contributed by atoms with Crippen LogP contribution in [0.15, 0.2) is 22.7 Å². The highest BCUT2D eigenvalue weighted by Crippen LogP contribution is 2.29. The molecule has 1 fully saturated rings. The van der Waals surface area contributed by atoms with Crippen molar-refractivity contribution in [1.29, 1.82) is 0 Å². The molecule has 88 valence electrons. The van der Waals surface area contributed by atoms with E-state index in [1.54, 1.807) is 12.1 Å². The van der Waals surface area contributed by atoms with Gasteiger partial charge in [-0.1, -0.05) is 22.4 Å². The van der Waals surface area contributed by atoms with Crippen LogP contribution in [0.3, 0.4) is 0 Å². The van der Waals surface area contributed by atoms with E-state index in [0.29, 0.717) is 6.04 Å². The number of hydrogen-bond acceptors (Lipinski definition) is 1. The topological polar surface area (TPSA) is 12.0 Å². The molecule has 0 aromatic heterocycles. The van der Waals surface area contributed by atoms with Gasteiger partial charge in [-0.25, -0.2) is 4.39 Å². The number of nitrogens with one attached hydrogen (secondary N) is 1. The minimum Gasteiger partial charge on any atom is -0.310 e. The van der Waals surface area contributed by atoms with E-state index in [2.05, 4.69) is 28.2 Å². The summed E-state index contributed by atoms with van der Waals surface area (Å²) in [7, 11) is 0. The normalized spacial score (nSPS) is 18.2. The highest BCUT2D eigenvalue weighted by molar-refractivity contribution is 9.10. The first-order valence-corrected chi connectivity index (χ1v) is 6.63. The third kappa shape index (κ3) is 2.83. The van der Waals surface area contributed by atoms with Crippen LogP contribution in [0.5, 0.6) is 0 Å². The molecule has 0 saturated heterocycles. The Morgan fingerprint density at radius 3 is 2.88 bits per heavy atom. The minimum absolute atomic E-state index is 0.170. The number of benzene rings is 1. The molecule has 0 amide bonds. The van der Waals surface area contributed by atoms with Crippen LogP contribution in [0.25, 0.3) is 0 Å². The molecule has 16 heavy (non-hydrogen) atoms. The lowest BCUT2D eigenvalue weighted by atomic mass is 9.80. The molecule has 1 saturated carbocycles. The predicted molar refractivity (Wildman–Crippen MR) is 67.7 cm³/mol. The SMILES string of the molecule is CC(NCc1cc(F)ccc1Br)C1CCC1. The summed E-state index contributed by atoms with van der Waals surface area (Å²) in [6.07, 6.45) is 4.03. The van der Waals surface area contributed by atoms with Gasteiger partial charge in [0.1, 0.15) is 5.82 Å². The molecule has 1 aromatic carbocycles. The molecule has 0 spiro atoms. The lowest BCUT2D eigenvalue weighted by Crippen LogP contribution is -2.36. The van der Waals surface area contributed by atoms with E-state index in [1.165, 1.54) is 25.3 Å². The van der Waals surface area contributed by atoms with Gasteiger partial charge >= 0.3 is 0 Å². The fourth-order valence-electron chi connectivity index (χ4n) is 2.06. The molecular weight excluding hydrogens is 269 g/mol. The molecule has 1 N–H and O–H groups in total. The molecule has 1 aliphatic carbocycles. The zero-order chi connectivity index (χ0) is 11.5. The molecular formula is C13H17BrFN. The molecule has 3 heteroatoms. The number of rotatable bonds is 4. The van der Waals surface area contributed by atoms with Crippen molar-refractivity contribution >= 4 is 15.9 Å². The molecule has 0 heterocycles. The molecule has 2 rings (SSSR count). The van der Waals surface area contributed by atoms with Crippen molar-refractivity contribution in [3.8, 4) is 0 Å². The van der Waals surface area contributed by atoms with Crippen molar-refractivity contribution in [2.45, 2.75) is 38.8 Å². The van der Waals surface area contributed by atoms with Crippen LogP contribution in [0.1, 0.15) is 31.7 Å². The lowest BCUT2D eigenvalue weighted by molar-refractivity contribution is 0.240. The standard InChI is InChI=1S/C13H17BrFN/c1-9(10-3-2-4-10)16-8-11-7-12(15)5-6-13(11)14/h5-7,9-10,16H,2-4,8H2,1H3. The Labute approximate surface area is 105 Å². The van der Waals surface area contributed by atoms with Gasteiger partial charge in [0.05, 0.1) is 0 Å². The second-order valence-corrected chi connectivity index (χ2v) is 5.45. The Morgan fingerprint density at radius 1 is 1.50 bits per heavy atom. The van der Waals surface area contributed by atoms with Crippen molar-refractivity contribution in [2.75, 3.05) is 0 Å². The van der Waals surface area contributed by atoms with Gasteiger partial charge < -0.3 is 5.32 Å². The smallest absolute Gasteiger partial charge is 0.123 e. The summed E-state index contributed by atoms with van der Waals surface area (Å²) in [4.78, 5) is 0. The van der Waals surface area contributed by atoms with Crippen LogP contribution in [-0.4, -0.2) is 6.04 Å². The first kappa shape index (κ1) is 12.1. The van der Waals surface area contributed by atoms with Crippen molar-refractivity contribution in [2.24, 2.45) is 5.92 Å². The number of hydrogen-bond donors (Lipinski definition) is 1. The van der Waals surface area contributed by atoms with E-state index in [1.807, 2.05) is 0 Å². The Kier molecular flexibility index (Phi) is 3.98. The van der Waals surface area contributed by atoms with Crippen LogP contribution in [0, 0.1) is 11.7 Å². The summed E-state index contributed by atoms with van der Waals surface area (Å²) < 4.78 is 14.0. The zero-order valence-electron chi connectivity index (χ0n) is 9.47. The molecule has 0 radical (unpaired) electrons. The summed E-state index contributed by atoms with van der Waals surface area (Å²) >= 11 is 3.44. The number of halogens is 2. The summed E-state index contributed by atoms with van der Waals surface area (Å²) in [6, 6.07) is 5.36. The largest absolute Gasteiger partial charge is 0.310 e. The van der Waals surface area contributed by atoms with E-state index < -0.39 is 0 Å². The van der Waals surface area contributed by atoms with Crippen molar-refractivity contribution in [3.63, 3.8) is 0 Å². The molecule has 1 unspecified atom stereocenters. The van der Waals surface area contributed by atoms with Gasteiger partial charge in [-0.3, -0.25) is 0 Å². The summed E-state index contributed by atoms with van der Waals surface area (Å²) in [5.74, 6) is 0.642. The van der Waals surface area contributed by atoms with Gasteiger partial charge in [-0.15, -0.1) is 0 Å². The first-order chi connectivity index (χ1) is 7.66. The summed E-state index contributed by atoms with van der Waals surface area (Å²) in [6.45, 7) is 2.95. The van der Waals surface area contributed by atoms with Crippen molar-refractivity contribution in [1.82, 2.24) is 5.32 Å². The first-order valence-electron chi connectivity index (χ1n) is 5.84. The quantitative estimate of drug-likeness (QED) is 0.886. The minimum atomic E-state index is -0.170. The fraction of sp³-hybridized carbons (Fsp3) is 0.538. The average Bonchev–Trinajstić information content (AvgIpc) is 2.17. The Hall–Kier alpha value is -0.410. The highest BCUT2D eigenvalue weighted by atomic mass is 79.9. The molecule has 0 bridgehead atoms. The lowest BCUT2D eigenvalue weighted by Gasteiger charge is -2.32. The van der Waals surface area contributed by atoms with Gasteiger partial charge in [0.15, 0.2) is 0 Å². The molecule has 1 aliphatic rings. The average molecular weight is 286 g/mol. The Balaban J connectivity index is 1.90. The second-order valence-electron chi connectivity index (χ2n) is 4.60. The van der Waals surface area contributed by atoms with Crippen LogP contribution in [0.4, 0.5) is 4.39 Å². The maximum atomic E-state index is 13.1. The van der Waals surface area contributed by atoms with Crippen molar-refractivity contribution in [3.05, 3.63) is 34.1 Å². The van der Waals surface area contributed by atoms with Gasteiger partial charge in [0.25, 0.3) is 0 Å². The Morgan fingerprint density at radius 2 is 2.25 bits per heavy atom. The molecule has 1 atom stereocenters. The third-order valence-electron chi connectivity index (χ3n) is 3.48. The summed E-state index contributed by atoms with van der Waals surface area (Å²) in [5.41, 5.74) is 0.992. The van der Waals surface area contributed by atoms with E-state index in [-0.39, 0.29) is 5.82 Å². The monoisotopic (exact) mass is 285 g/mol. The maximum absolute atomic E-state index is 13.1. The van der Waals surface area contributed by atoms with Gasteiger partial charge in [-0.2, -0.15) is 0 Å². The van der Waals surface area contributed by atoms with Crippen LogP contribution >= 0.6 is 15.9 Å². The van der Waals surface area contributed by atoms with E-state index in [9.17, 15) is 4.39 Å². The van der Waals surface area contributed by atoms with Gasteiger partial charge in [-0.05, 0) is 49.4 Å². The van der Waals surface area contributed by atoms with Crippen LogP contribution < -0.4 is 5.32 Å². The Bertz CT molecular complexity index is 363. The molecule has 1 aromatic rings. The van der Waals surface area contributed by atoms with E-state index >= 15 is 0 Å². The van der Waals surface area contributed by atoms with Crippen LogP contribution in [0.2, 0.25) is 0 Å². The summed E-state index contributed by atoms with van der Waals surface area (Å²) in [5, 5.41) is 3.47. The zero-order valence-corrected chi connectivity index (χ0v) is 11.1. The van der Waals surface area contributed by atoms with Crippen LogP contribution in [-0.2, 0) is 6.54 Å². The fourth-order valence-corrected chi connectivity index (χ4v) is 2.44. The second kappa shape index (κ2) is 5.28. The van der Waals surface area contributed by atoms with E-state index in [0.717, 1.165) is 22.5 Å². The maximum Gasteiger partial charge on any atom is 0.123 e. The molecule has 1 nitrogen and oxygen atoms in total.